The normalized spacial score (nSPS) is 22.6. The quantitative estimate of drug-likeness (QED) is 0.636. The molecule has 2 rings (SSSR count). The highest BCUT2D eigenvalue weighted by Crippen LogP contribution is 2.45. The van der Waals surface area contributed by atoms with Crippen LogP contribution in [0.3, 0.4) is 0 Å². The van der Waals surface area contributed by atoms with Crippen LogP contribution in [-0.4, -0.2) is 28.7 Å². The Hall–Kier alpha value is -0.0500. The van der Waals surface area contributed by atoms with Crippen molar-refractivity contribution < 1.29 is 4.79 Å². The van der Waals surface area contributed by atoms with Gasteiger partial charge >= 0.3 is 0 Å². The van der Waals surface area contributed by atoms with Crippen LogP contribution in [0.5, 0.6) is 0 Å². The lowest BCUT2D eigenvalue weighted by Gasteiger charge is -2.38. The number of nitrogens with zero attached hydrogens (tertiary/aromatic N) is 1. The van der Waals surface area contributed by atoms with E-state index in [9.17, 15) is 4.79 Å². The average molecular weight is 344 g/mol. The van der Waals surface area contributed by atoms with E-state index in [1.807, 2.05) is 0 Å². The standard InChI is InChI=1S/C17H30BrNO/c1-14(2)13-17(9-5-6-10-17)16(20)19(12-11-18)15-7-3-4-8-15/h14-15H,3-13H2,1-2H3. The molecule has 0 radical (unpaired) electrons. The molecule has 0 atom stereocenters. The Morgan fingerprint density at radius 2 is 1.80 bits per heavy atom. The van der Waals surface area contributed by atoms with Gasteiger partial charge in [-0.05, 0) is 38.0 Å². The summed E-state index contributed by atoms with van der Waals surface area (Å²) in [6.45, 7) is 5.42. The zero-order chi connectivity index (χ0) is 14.6. The van der Waals surface area contributed by atoms with Crippen LogP contribution in [-0.2, 0) is 4.79 Å². The van der Waals surface area contributed by atoms with Gasteiger partial charge in [-0.25, -0.2) is 0 Å². The van der Waals surface area contributed by atoms with E-state index in [-0.39, 0.29) is 5.41 Å². The third-order valence-corrected chi connectivity index (χ3v) is 5.52. The third kappa shape index (κ3) is 3.58. The number of hydrogen-bond acceptors (Lipinski definition) is 1. The first-order valence-corrected chi connectivity index (χ1v) is 9.58. The summed E-state index contributed by atoms with van der Waals surface area (Å²) < 4.78 is 0. The van der Waals surface area contributed by atoms with E-state index in [0.29, 0.717) is 17.9 Å². The molecule has 20 heavy (non-hydrogen) atoms. The lowest BCUT2D eigenvalue weighted by atomic mass is 9.77. The third-order valence-electron chi connectivity index (χ3n) is 5.17. The summed E-state index contributed by atoms with van der Waals surface area (Å²) in [5, 5.41) is 0.910. The van der Waals surface area contributed by atoms with Gasteiger partial charge in [0.1, 0.15) is 0 Å². The fourth-order valence-electron chi connectivity index (χ4n) is 4.40. The summed E-state index contributed by atoms with van der Waals surface area (Å²) in [5.74, 6) is 1.10. The molecule has 2 nitrogen and oxygen atoms in total. The molecule has 2 aliphatic rings. The second-order valence-corrected chi connectivity index (χ2v) is 8.00. The Balaban J connectivity index is 2.14. The van der Waals surface area contributed by atoms with Crippen LogP contribution in [0.4, 0.5) is 0 Å². The van der Waals surface area contributed by atoms with E-state index in [0.717, 1.165) is 31.1 Å². The van der Waals surface area contributed by atoms with Gasteiger partial charge in [-0.2, -0.15) is 0 Å². The number of halogens is 1. The van der Waals surface area contributed by atoms with Crippen molar-refractivity contribution in [2.75, 3.05) is 11.9 Å². The number of amides is 1. The Labute approximate surface area is 132 Å². The molecule has 116 valence electrons. The summed E-state index contributed by atoms with van der Waals surface area (Å²) in [5.41, 5.74) is -0.0288. The monoisotopic (exact) mass is 343 g/mol. The minimum atomic E-state index is -0.0288. The van der Waals surface area contributed by atoms with Crippen LogP contribution in [0.1, 0.15) is 71.6 Å². The molecule has 0 spiro atoms. The molecule has 2 fully saturated rings. The highest BCUT2D eigenvalue weighted by atomic mass is 79.9. The van der Waals surface area contributed by atoms with Crippen molar-refractivity contribution in [1.29, 1.82) is 0 Å². The van der Waals surface area contributed by atoms with Gasteiger partial charge in [-0.15, -0.1) is 0 Å². The Morgan fingerprint density at radius 1 is 1.20 bits per heavy atom. The van der Waals surface area contributed by atoms with E-state index >= 15 is 0 Å². The fraction of sp³-hybridized carbons (Fsp3) is 0.941. The number of alkyl halides is 1. The Morgan fingerprint density at radius 3 is 2.30 bits per heavy atom. The number of rotatable bonds is 6. The predicted octanol–water partition coefficient (Wildman–Crippen LogP) is 4.76. The molecule has 0 unspecified atom stereocenters. The summed E-state index contributed by atoms with van der Waals surface area (Å²) in [4.78, 5) is 15.5. The minimum absolute atomic E-state index is 0.0288. The van der Waals surface area contributed by atoms with Gasteiger partial charge in [-0.3, -0.25) is 4.79 Å². The van der Waals surface area contributed by atoms with E-state index in [1.165, 1.54) is 38.5 Å². The molecule has 0 aromatic heterocycles. The molecule has 1 amide bonds. The Bertz CT molecular complexity index is 317. The number of hydrogen-bond donors (Lipinski definition) is 0. The van der Waals surface area contributed by atoms with Crippen LogP contribution >= 0.6 is 15.9 Å². The first-order valence-electron chi connectivity index (χ1n) is 8.46. The molecule has 0 saturated heterocycles. The molecular formula is C17H30BrNO. The van der Waals surface area contributed by atoms with E-state index in [4.69, 9.17) is 0 Å². The maximum atomic E-state index is 13.3. The molecule has 2 saturated carbocycles. The molecule has 0 aromatic rings. The van der Waals surface area contributed by atoms with Crippen molar-refractivity contribution >= 4 is 21.8 Å². The summed E-state index contributed by atoms with van der Waals surface area (Å²) in [6.07, 6.45) is 10.8. The van der Waals surface area contributed by atoms with Crippen molar-refractivity contribution in [2.24, 2.45) is 11.3 Å². The van der Waals surface area contributed by atoms with Gasteiger partial charge in [0.25, 0.3) is 0 Å². The first kappa shape index (κ1) is 16.3. The fourth-order valence-corrected chi connectivity index (χ4v) is 4.78. The van der Waals surface area contributed by atoms with Crippen LogP contribution < -0.4 is 0 Å². The lowest BCUT2D eigenvalue weighted by Crippen LogP contribution is -2.48. The second kappa shape index (κ2) is 7.29. The first-order chi connectivity index (χ1) is 9.59. The van der Waals surface area contributed by atoms with E-state index < -0.39 is 0 Å². The highest BCUT2D eigenvalue weighted by Gasteiger charge is 2.45. The van der Waals surface area contributed by atoms with Crippen molar-refractivity contribution in [3.8, 4) is 0 Å². The van der Waals surface area contributed by atoms with Crippen molar-refractivity contribution in [2.45, 2.75) is 77.7 Å². The molecule has 3 heteroatoms. The van der Waals surface area contributed by atoms with Gasteiger partial charge in [0.15, 0.2) is 0 Å². The van der Waals surface area contributed by atoms with Crippen LogP contribution in [0.25, 0.3) is 0 Å². The molecule has 2 aliphatic carbocycles. The molecule has 0 N–H and O–H groups in total. The summed E-state index contributed by atoms with van der Waals surface area (Å²) in [6, 6.07) is 0.518. The second-order valence-electron chi connectivity index (χ2n) is 7.21. The lowest BCUT2D eigenvalue weighted by molar-refractivity contribution is -0.145. The van der Waals surface area contributed by atoms with Crippen LogP contribution in [0, 0.1) is 11.3 Å². The molecular weight excluding hydrogens is 314 g/mol. The summed E-state index contributed by atoms with van der Waals surface area (Å²) >= 11 is 3.55. The maximum Gasteiger partial charge on any atom is 0.229 e. The van der Waals surface area contributed by atoms with E-state index in [1.54, 1.807) is 0 Å². The van der Waals surface area contributed by atoms with Gasteiger partial charge in [-0.1, -0.05) is 55.5 Å². The van der Waals surface area contributed by atoms with Crippen LogP contribution in [0.2, 0.25) is 0 Å². The van der Waals surface area contributed by atoms with Gasteiger partial charge < -0.3 is 4.90 Å². The molecule has 0 aromatic carbocycles. The van der Waals surface area contributed by atoms with E-state index in [2.05, 4.69) is 34.7 Å². The van der Waals surface area contributed by atoms with Crippen molar-refractivity contribution in [3.63, 3.8) is 0 Å². The minimum Gasteiger partial charge on any atom is -0.338 e. The SMILES string of the molecule is CC(C)CC1(C(=O)N(CCBr)C2CCCC2)CCCC1. The van der Waals surface area contributed by atoms with Crippen molar-refractivity contribution in [1.82, 2.24) is 4.90 Å². The maximum absolute atomic E-state index is 13.3. The number of carbonyl (C=O) groups is 1. The molecule has 0 aliphatic heterocycles. The number of carbonyl (C=O) groups excluding carboxylic acids is 1. The smallest absolute Gasteiger partial charge is 0.229 e. The van der Waals surface area contributed by atoms with Gasteiger partial charge in [0.2, 0.25) is 5.91 Å². The zero-order valence-electron chi connectivity index (χ0n) is 13.2. The van der Waals surface area contributed by atoms with Gasteiger partial charge in [0, 0.05) is 23.3 Å². The topological polar surface area (TPSA) is 20.3 Å². The average Bonchev–Trinajstić information content (AvgIpc) is 3.06. The van der Waals surface area contributed by atoms with Crippen molar-refractivity contribution in [3.05, 3.63) is 0 Å². The largest absolute Gasteiger partial charge is 0.338 e. The highest BCUT2D eigenvalue weighted by molar-refractivity contribution is 9.09. The molecule has 0 bridgehead atoms. The van der Waals surface area contributed by atoms with Crippen LogP contribution in [0.15, 0.2) is 0 Å². The molecule has 0 heterocycles. The Kier molecular flexibility index (Phi) is 5.95. The predicted molar refractivity (Wildman–Crippen MR) is 88.1 cm³/mol. The summed E-state index contributed by atoms with van der Waals surface area (Å²) in [7, 11) is 0. The van der Waals surface area contributed by atoms with Gasteiger partial charge in [0.05, 0.1) is 0 Å². The zero-order valence-corrected chi connectivity index (χ0v) is 14.8.